The molecule has 142 valence electrons. The quantitative estimate of drug-likeness (QED) is 0.491. The molecule has 2 heterocycles. The van der Waals surface area contributed by atoms with E-state index in [1.807, 2.05) is 18.2 Å². The summed E-state index contributed by atoms with van der Waals surface area (Å²) in [4.78, 5) is 23.0. The summed E-state index contributed by atoms with van der Waals surface area (Å²) in [6, 6.07) is 8.64. The number of nitro groups is 1. The molecular formula is C18H19N3O5S. The van der Waals surface area contributed by atoms with Crippen LogP contribution in [0.5, 0.6) is 11.5 Å². The minimum Gasteiger partial charge on any atom is -0.485 e. The first kappa shape index (κ1) is 18.8. The zero-order valence-corrected chi connectivity index (χ0v) is 15.9. The van der Waals surface area contributed by atoms with Crippen LogP contribution < -0.4 is 14.9 Å². The van der Waals surface area contributed by atoms with Gasteiger partial charge in [-0.2, -0.15) is 5.10 Å². The maximum atomic E-state index is 12.3. The van der Waals surface area contributed by atoms with E-state index in [1.165, 1.54) is 12.3 Å². The standard InChI is InChI=1S/C18H19N3O5S/c1-18(2,3)11-4-6-13-14(8-11)26-15(10-25-13)17(22)20-19-9-12-5-7-16(27-12)21(23)24/h4-9,15H,10H2,1-3H3,(H,20,22)/b19-9+. The third kappa shape index (κ3) is 4.43. The van der Waals surface area contributed by atoms with E-state index in [-0.39, 0.29) is 17.0 Å². The number of ether oxygens (including phenoxy) is 2. The van der Waals surface area contributed by atoms with Crippen LogP contribution in [0.15, 0.2) is 35.4 Å². The van der Waals surface area contributed by atoms with Crippen molar-refractivity contribution in [2.24, 2.45) is 5.10 Å². The second-order valence-corrected chi connectivity index (χ2v) is 8.09. The van der Waals surface area contributed by atoms with E-state index in [0.29, 0.717) is 16.4 Å². The molecule has 8 nitrogen and oxygen atoms in total. The number of nitrogens with zero attached hydrogens (tertiary/aromatic N) is 2. The molecule has 1 aromatic heterocycles. The van der Waals surface area contributed by atoms with Gasteiger partial charge in [-0.1, -0.05) is 38.2 Å². The number of hydrogen-bond acceptors (Lipinski definition) is 7. The molecule has 9 heteroatoms. The minimum absolute atomic E-state index is 0.0121. The lowest BCUT2D eigenvalue weighted by molar-refractivity contribution is -0.380. The summed E-state index contributed by atoms with van der Waals surface area (Å²) in [5.41, 5.74) is 3.40. The number of thiophene rings is 1. The molecule has 0 saturated carbocycles. The molecule has 27 heavy (non-hydrogen) atoms. The van der Waals surface area contributed by atoms with Gasteiger partial charge >= 0.3 is 5.00 Å². The van der Waals surface area contributed by atoms with Crippen molar-refractivity contribution in [1.29, 1.82) is 0 Å². The molecule has 1 amide bonds. The molecular weight excluding hydrogens is 370 g/mol. The first-order valence-corrected chi connectivity index (χ1v) is 9.07. The lowest BCUT2D eigenvalue weighted by Gasteiger charge is -2.27. The Bertz CT molecular complexity index is 901. The number of rotatable bonds is 4. The average molecular weight is 389 g/mol. The number of hydrazone groups is 1. The van der Waals surface area contributed by atoms with Crippen molar-refractivity contribution in [2.75, 3.05) is 6.61 Å². The summed E-state index contributed by atoms with van der Waals surface area (Å²) in [7, 11) is 0. The fourth-order valence-electron chi connectivity index (χ4n) is 2.41. The molecule has 1 unspecified atom stereocenters. The fourth-order valence-corrected chi connectivity index (χ4v) is 3.10. The van der Waals surface area contributed by atoms with Crippen LogP contribution in [0, 0.1) is 10.1 Å². The van der Waals surface area contributed by atoms with Crippen LogP contribution in [0.25, 0.3) is 0 Å². The predicted molar refractivity (Wildman–Crippen MR) is 102 cm³/mol. The Morgan fingerprint density at radius 1 is 1.33 bits per heavy atom. The Morgan fingerprint density at radius 2 is 2.11 bits per heavy atom. The van der Waals surface area contributed by atoms with Crippen molar-refractivity contribution >= 4 is 28.5 Å². The number of carbonyl (C=O) groups excluding carboxylic acids is 1. The average Bonchev–Trinajstić information content (AvgIpc) is 3.09. The highest BCUT2D eigenvalue weighted by molar-refractivity contribution is 7.16. The zero-order chi connectivity index (χ0) is 19.6. The van der Waals surface area contributed by atoms with E-state index in [4.69, 9.17) is 9.47 Å². The maximum Gasteiger partial charge on any atom is 0.324 e. The van der Waals surface area contributed by atoms with Crippen LogP contribution in [-0.2, 0) is 10.2 Å². The van der Waals surface area contributed by atoms with Crippen molar-refractivity contribution in [3.63, 3.8) is 0 Å². The van der Waals surface area contributed by atoms with Crippen LogP contribution in [0.1, 0.15) is 31.2 Å². The Kier molecular flexibility index (Phi) is 5.13. The van der Waals surface area contributed by atoms with E-state index < -0.39 is 16.9 Å². The summed E-state index contributed by atoms with van der Waals surface area (Å²) < 4.78 is 11.4. The normalized spacial score (nSPS) is 16.3. The molecule has 0 radical (unpaired) electrons. The maximum absolute atomic E-state index is 12.3. The van der Waals surface area contributed by atoms with Crippen LogP contribution in [0.3, 0.4) is 0 Å². The Hall–Kier alpha value is -2.94. The van der Waals surface area contributed by atoms with Crippen molar-refractivity contribution in [3.05, 3.63) is 50.9 Å². The van der Waals surface area contributed by atoms with Gasteiger partial charge in [0.05, 0.1) is 16.0 Å². The summed E-state index contributed by atoms with van der Waals surface area (Å²) >= 11 is 0.967. The summed E-state index contributed by atoms with van der Waals surface area (Å²) in [6.45, 7) is 6.35. The van der Waals surface area contributed by atoms with Crippen LogP contribution in [0.4, 0.5) is 5.00 Å². The smallest absolute Gasteiger partial charge is 0.324 e. The molecule has 1 aromatic carbocycles. The third-order valence-electron chi connectivity index (χ3n) is 3.92. The fraction of sp³-hybridized carbons (Fsp3) is 0.333. The van der Waals surface area contributed by atoms with Gasteiger partial charge in [-0.25, -0.2) is 5.43 Å². The van der Waals surface area contributed by atoms with Crippen LogP contribution >= 0.6 is 11.3 Å². The van der Waals surface area contributed by atoms with Gasteiger partial charge in [0.25, 0.3) is 5.91 Å². The van der Waals surface area contributed by atoms with E-state index in [2.05, 4.69) is 31.3 Å². The topological polar surface area (TPSA) is 103 Å². The first-order valence-electron chi connectivity index (χ1n) is 8.25. The number of nitrogens with one attached hydrogen (secondary N) is 1. The second-order valence-electron chi connectivity index (χ2n) is 7.00. The monoisotopic (exact) mass is 389 g/mol. The van der Waals surface area contributed by atoms with Crippen molar-refractivity contribution in [3.8, 4) is 11.5 Å². The van der Waals surface area contributed by atoms with Crippen LogP contribution in [-0.4, -0.2) is 29.8 Å². The highest BCUT2D eigenvalue weighted by Crippen LogP contribution is 2.36. The molecule has 1 aliphatic heterocycles. The number of hydrogen-bond donors (Lipinski definition) is 1. The van der Waals surface area contributed by atoms with Crippen molar-refractivity contribution in [2.45, 2.75) is 32.3 Å². The number of benzene rings is 1. The Morgan fingerprint density at radius 3 is 2.78 bits per heavy atom. The molecule has 1 atom stereocenters. The minimum atomic E-state index is -0.831. The van der Waals surface area contributed by atoms with Crippen molar-refractivity contribution in [1.82, 2.24) is 5.43 Å². The third-order valence-corrected chi connectivity index (χ3v) is 4.89. The van der Waals surface area contributed by atoms with Gasteiger partial charge in [-0.05, 0) is 29.2 Å². The lowest BCUT2D eigenvalue weighted by atomic mass is 9.87. The van der Waals surface area contributed by atoms with Crippen LogP contribution in [0.2, 0.25) is 0 Å². The van der Waals surface area contributed by atoms with Gasteiger partial charge in [-0.3, -0.25) is 14.9 Å². The molecule has 0 aliphatic carbocycles. The van der Waals surface area contributed by atoms with Gasteiger partial charge in [0, 0.05) is 6.07 Å². The highest BCUT2D eigenvalue weighted by Gasteiger charge is 2.28. The predicted octanol–water partition coefficient (Wildman–Crippen LogP) is 3.24. The number of amides is 1. The van der Waals surface area contributed by atoms with Gasteiger partial charge < -0.3 is 9.47 Å². The van der Waals surface area contributed by atoms with Gasteiger partial charge in [-0.15, -0.1) is 0 Å². The molecule has 0 saturated heterocycles. The Balaban J connectivity index is 1.63. The second kappa shape index (κ2) is 7.36. The SMILES string of the molecule is CC(C)(C)c1ccc2c(c1)OC(C(=O)N/N=C/c1ccc([N+](=O)[O-])s1)CO2. The molecule has 1 aliphatic rings. The largest absolute Gasteiger partial charge is 0.485 e. The van der Waals surface area contributed by atoms with Crippen molar-refractivity contribution < 1.29 is 19.2 Å². The highest BCUT2D eigenvalue weighted by atomic mass is 32.1. The number of carbonyl (C=O) groups is 1. The summed E-state index contributed by atoms with van der Waals surface area (Å²) in [6.07, 6.45) is 0.521. The first-order chi connectivity index (χ1) is 12.7. The molecule has 3 rings (SSSR count). The zero-order valence-electron chi connectivity index (χ0n) is 15.1. The van der Waals surface area contributed by atoms with E-state index >= 15 is 0 Å². The lowest BCUT2D eigenvalue weighted by Crippen LogP contribution is -2.42. The number of fused-ring (bicyclic) bond motifs is 1. The summed E-state index contributed by atoms with van der Waals surface area (Å²) in [5.74, 6) is 0.664. The van der Waals surface area contributed by atoms with Gasteiger partial charge in [0.2, 0.25) is 6.10 Å². The molecule has 0 spiro atoms. The van der Waals surface area contributed by atoms with E-state index in [0.717, 1.165) is 16.9 Å². The molecule has 0 fully saturated rings. The van der Waals surface area contributed by atoms with Gasteiger partial charge in [0.15, 0.2) is 11.5 Å². The molecule has 1 N–H and O–H groups in total. The molecule has 0 bridgehead atoms. The Labute approximate surface area is 159 Å². The molecule has 2 aromatic rings. The van der Waals surface area contributed by atoms with E-state index in [9.17, 15) is 14.9 Å². The summed E-state index contributed by atoms with van der Waals surface area (Å²) in [5, 5.41) is 14.5. The van der Waals surface area contributed by atoms with Gasteiger partial charge in [0.1, 0.15) is 6.61 Å². The van der Waals surface area contributed by atoms with E-state index in [1.54, 1.807) is 6.07 Å².